The first-order valence-corrected chi connectivity index (χ1v) is 11.4. The Morgan fingerprint density at radius 3 is 1.39 bits per heavy atom. The zero-order chi connectivity index (χ0) is 21.4. The highest BCUT2D eigenvalue weighted by Crippen LogP contribution is 2.62. The lowest BCUT2D eigenvalue weighted by Gasteiger charge is -2.39. The minimum atomic E-state index is -0.793. The third-order valence-corrected chi connectivity index (χ3v) is 8.23. The molecule has 0 aliphatic heterocycles. The molecule has 0 atom stereocenters. The average molecular weight is 443 g/mol. The molecule has 5 rings (SSSR count). The van der Waals surface area contributed by atoms with E-state index < -0.39 is 4.08 Å². The fourth-order valence-corrected chi connectivity index (χ4v) is 7.04. The second-order valence-corrected chi connectivity index (χ2v) is 10.0. The van der Waals surface area contributed by atoms with Crippen LogP contribution in [0, 0.1) is 0 Å². The van der Waals surface area contributed by atoms with E-state index >= 15 is 0 Å². The second kappa shape index (κ2) is 7.84. The number of carbonyl (C=O) groups excluding carboxylic acids is 1. The van der Waals surface area contributed by atoms with Crippen LogP contribution in [0.1, 0.15) is 27.0 Å². The zero-order valence-electron chi connectivity index (χ0n) is 16.4. The molecule has 0 bridgehead atoms. The summed E-state index contributed by atoms with van der Waals surface area (Å²) < 4.78 is -0.793. The molecular formula is C26H18O3S2. The summed E-state index contributed by atoms with van der Waals surface area (Å²) in [6.07, 6.45) is 0. The first kappa shape index (κ1) is 19.8. The van der Waals surface area contributed by atoms with Gasteiger partial charge in [-0.2, -0.15) is 0 Å². The fourth-order valence-electron chi connectivity index (χ4n) is 3.93. The van der Waals surface area contributed by atoms with Gasteiger partial charge in [0.2, 0.25) is 5.78 Å². The van der Waals surface area contributed by atoms with Crippen LogP contribution in [-0.4, -0.2) is 16.0 Å². The van der Waals surface area contributed by atoms with Crippen molar-refractivity contribution >= 4 is 29.3 Å². The van der Waals surface area contributed by atoms with E-state index in [9.17, 15) is 15.0 Å². The molecule has 0 aromatic heterocycles. The quantitative estimate of drug-likeness (QED) is 0.357. The van der Waals surface area contributed by atoms with E-state index in [-0.39, 0.29) is 28.4 Å². The molecule has 0 unspecified atom stereocenters. The van der Waals surface area contributed by atoms with Crippen LogP contribution in [-0.2, 0) is 4.08 Å². The van der Waals surface area contributed by atoms with Gasteiger partial charge < -0.3 is 10.2 Å². The van der Waals surface area contributed by atoms with Crippen LogP contribution in [0.2, 0.25) is 0 Å². The van der Waals surface area contributed by atoms with Crippen molar-refractivity contribution in [3.63, 3.8) is 0 Å². The number of carbonyl (C=O) groups is 1. The van der Waals surface area contributed by atoms with Crippen molar-refractivity contribution in [2.75, 3.05) is 0 Å². The predicted molar refractivity (Wildman–Crippen MR) is 125 cm³/mol. The third kappa shape index (κ3) is 3.30. The second-order valence-electron chi connectivity index (χ2n) is 7.18. The lowest BCUT2D eigenvalue weighted by molar-refractivity contribution is 0.102. The predicted octanol–water partition coefficient (Wildman–Crippen LogP) is 6.43. The molecule has 3 nitrogen and oxygen atoms in total. The van der Waals surface area contributed by atoms with Crippen molar-refractivity contribution in [1.82, 2.24) is 0 Å². The van der Waals surface area contributed by atoms with Gasteiger partial charge in [-0.3, -0.25) is 4.79 Å². The Morgan fingerprint density at radius 1 is 0.548 bits per heavy atom. The van der Waals surface area contributed by atoms with E-state index in [2.05, 4.69) is 0 Å². The van der Waals surface area contributed by atoms with Gasteiger partial charge in [-0.05, 0) is 47.5 Å². The zero-order valence-corrected chi connectivity index (χ0v) is 18.0. The van der Waals surface area contributed by atoms with Crippen LogP contribution >= 0.6 is 23.5 Å². The van der Waals surface area contributed by atoms with Gasteiger partial charge in [0.05, 0.1) is 11.1 Å². The molecule has 4 aromatic carbocycles. The fraction of sp³-hybridized carbons (Fsp3) is 0.0385. The topological polar surface area (TPSA) is 57.5 Å². The molecule has 0 saturated carbocycles. The van der Waals surface area contributed by atoms with Crippen molar-refractivity contribution in [1.29, 1.82) is 0 Å². The van der Waals surface area contributed by atoms with E-state index in [1.165, 1.54) is 12.1 Å². The lowest BCUT2D eigenvalue weighted by Crippen LogP contribution is -2.30. The Balaban J connectivity index is 1.85. The number of benzene rings is 4. The smallest absolute Gasteiger partial charge is 0.201 e. The summed E-state index contributed by atoms with van der Waals surface area (Å²) in [7, 11) is 0. The number of fused-ring (bicyclic) bond motifs is 2. The highest BCUT2D eigenvalue weighted by Gasteiger charge is 2.47. The van der Waals surface area contributed by atoms with E-state index in [1.807, 2.05) is 72.8 Å². The van der Waals surface area contributed by atoms with Crippen LogP contribution < -0.4 is 0 Å². The van der Waals surface area contributed by atoms with E-state index in [0.717, 1.165) is 20.9 Å². The van der Waals surface area contributed by atoms with Crippen LogP contribution in [0.3, 0.4) is 0 Å². The van der Waals surface area contributed by atoms with Gasteiger partial charge in [0.25, 0.3) is 0 Å². The van der Waals surface area contributed by atoms with Crippen molar-refractivity contribution in [3.05, 3.63) is 119 Å². The van der Waals surface area contributed by atoms with Gasteiger partial charge >= 0.3 is 0 Å². The van der Waals surface area contributed by atoms with Gasteiger partial charge in [-0.15, -0.1) is 0 Å². The summed E-state index contributed by atoms with van der Waals surface area (Å²) in [5.74, 6) is -0.523. The molecule has 4 aromatic rings. The number of hydrogen-bond donors (Lipinski definition) is 2. The van der Waals surface area contributed by atoms with Gasteiger partial charge in [0, 0.05) is 9.79 Å². The molecule has 0 saturated heterocycles. The van der Waals surface area contributed by atoms with Crippen LogP contribution in [0.4, 0.5) is 0 Å². The van der Waals surface area contributed by atoms with Gasteiger partial charge in [0.15, 0.2) is 0 Å². The molecule has 0 heterocycles. The maximum atomic E-state index is 13.4. The standard InChI is InChI=1S/C26H18O3S2/c27-21-15-7-13-19-23(21)25(29)24-20(14-8-16-22(24)28)26(19,30-17-9-3-1-4-10-17)31-18-11-5-2-6-12-18/h1-16,27-28H. The van der Waals surface area contributed by atoms with Crippen molar-refractivity contribution in [2.45, 2.75) is 13.9 Å². The Bertz CT molecular complexity index is 1170. The summed E-state index contributed by atoms with van der Waals surface area (Å²) in [5, 5.41) is 21.4. The summed E-state index contributed by atoms with van der Waals surface area (Å²) in [5.41, 5.74) is 1.92. The molecule has 1 aliphatic carbocycles. The molecule has 0 radical (unpaired) electrons. The molecule has 2 N–H and O–H groups in total. The Kier molecular flexibility index (Phi) is 5.00. The van der Waals surface area contributed by atoms with E-state index in [4.69, 9.17) is 0 Å². The van der Waals surface area contributed by atoms with Crippen molar-refractivity contribution in [2.24, 2.45) is 0 Å². The number of thioether (sulfide) groups is 2. The van der Waals surface area contributed by atoms with Gasteiger partial charge in [0.1, 0.15) is 15.6 Å². The van der Waals surface area contributed by atoms with Crippen LogP contribution in [0.15, 0.2) is 107 Å². The molecular weight excluding hydrogens is 424 g/mol. The van der Waals surface area contributed by atoms with Crippen molar-refractivity contribution < 1.29 is 15.0 Å². The minimum Gasteiger partial charge on any atom is -0.507 e. The van der Waals surface area contributed by atoms with Crippen molar-refractivity contribution in [3.8, 4) is 11.5 Å². The van der Waals surface area contributed by atoms with Crippen LogP contribution in [0.5, 0.6) is 11.5 Å². The first-order chi connectivity index (χ1) is 15.1. The normalized spacial score (nSPS) is 14.0. The summed E-state index contributed by atoms with van der Waals surface area (Å²) in [6, 6.07) is 30.3. The maximum Gasteiger partial charge on any atom is 0.201 e. The molecule has 5 heteroatoms. The van der Waals surface area contributed by atoms with Crippen LogP contribution in [0.25, 0.3) is 0 Å². The largest absolute Gasteiger partial charge is 0.507 e. The SMILES string of the molecule is O=C1c2c(O)cccc2C(Sc2ccccc2)(Sc2ccccc2)c2cccc(O)c21. The monoisotopic (exact) mass is 442 g/mol. The highest BCUT2D eigenvalue weighted by atomic mass is 32.2. The summed E-state index contributed by atoms with van der Waals surface area (Å²) in [6.45, 7) is 0. The lowest BCUT2D eigenvalue weighted by atomic mass is 9.83. The van der Waals surface area contributed by atoms with Gasteiger partial charge in [-0.25, -0.2) is 0 Å². The number of aromatic hydroxyl groups is 2. The minimum absolute atomic E-state index is 0.0805. The number of phenolic OH excluding ortho intramolecular Hbond substituents is 2. The number of hydrogen-bond acceptors (Lipinski definition) is 5. The molecule has 0 fully saturated rings. The molecule has 31 heavy (non-hydrogen) atoms. The number of ketones is 1. The summed E-state index contributed by atoms with van der Waals surface area (Å²) in [4.78, 5) is 15.4. The number of phenols is 2. The van der Waals surface area contributed by atoms with E-state index in [0.29, 0.717) is 0 Å². The van der Waals surface area contributed by atoms with E-state index in [1.54, 1.807) is 35.7 Å². The number of rotatable bonds is 4. The first-order valence-electron chi connectivity index (χ1n) is 9.78. The molecule has 0 amide bonds. The average Bonchev–Trinajstić information content (AvgIpc) is 2.78. The molecule has 0 spiro atoms. The Labute approximate surface area is 188 Å². The summed E-state index contributed by atoms with van der Waals surface area (Å²) >= 11 is 3.20. The Morgan fingerprint density at radius 2 is 0.968 bits per heavy atom. The highest BCUT2D eigenvalue weighted by molar-refractivity contribution is 8.17. The molecule has 152 valence electrons. The molecule has 1 aliphatic rings. The third-order valence-electron chi connectivity index (χ3n) is 5.26. The Hall–Kier alpha value is -3.15. The maximum absolute atomic E-state index is 13.4. The van der Waals surface area contributed by atoms with Gasteiger partial charge in [-0.1, -0.05) is 84.2 Å².